The maximum absolute atomic E-state index is 6.43. The third-order valence-corrected chi connectivity index (χ3v) is 1.74. The molecular formula is C4H11N2OSi. The van der Waals surface area contributed by atoms with Crippen LogP contribution in [0.2, 0.25) is 6.04 Å². The number of nitrogens with zero attached hydrogens (tertiary/aromatic N) is 1. The predicted molar refractivity (Wildman–Crippen MR) is 33.6 cm³/mol. The van der Waals surface area contributed by atoms with Crippen molar-refractivity contribution in [2.24, 2.45) is 5.11 Å². The Morgan fingerprint density at radius 2 is 2.50 bits per heavy atom. The lowest BCUT2D eigenvalue weighted by molar-refractivity contribution is 0.439. The number of hydrogen-bond donors (Lipinski definition) is 1. The van der Waals surface area contributed by atoms with Crippen molar-refractivity contribution in [3.05, 3.63) is 0 Å². The van der Waals surface area contributed by atoms with Gasteiger partial charge in [0.15, 0.2) is 9.76 Å². The molecule has 0 aliphatic carbocycles. The fourth-order valence-corrected chi connectivity index (χ4v) is 0.956. The average Bonchev–Trinajstić information content (AvgIpc) is 1.81. The van der Waals surface area contributed by atoms with Gasteiger partial charge in [-0.2, -0.15) is 5.11 Å². The van der Waals surface area contributed by atoms with Gasteiger partial charge in [-0.25, -0.2) is 5.53 Å². The van der Waals surface area contributed by atoms with E-state index in [4.69, 9.17) is 9.96 Å². The second-order valence-electron chi connectivity index (χ2n) is 1.43. The second kappa shape index (κ2) is 6.78. The smallest absolute Gasteiger partial charge is 0.192 e. The molecule has 0 amide bonds. The molecule has 0 aromatic carbocycles. The summed E-state index contributed by atoms with van der Waals surface area (Å²) >= 11 is 0. The second-order valence-corrected chi connectivity index (χ2v) is 2.81. The first-order valence-corrected chi connectivity index (χ1v) is 3.88. The van der Waals surface area contributed by atoms with Crippen LogP contribution < -0.4 is 0 Å². The van der Waals surface area contributed by atoms with Gasteiger partial charge in [-0.15, -0.1) is 0 Å². The Balaban J connectivity index is 2.62. The first-order chi connectivity index (χ1) is 3.91. The molecule has 3 nitrogen and oxygen atoms in total. The van der Waals surface area contributed by atoms with E-state index >= 15 is 0 Å². The van der Waals surface area contributed by atoms with E-state index in [1.165, 1.54) is 0 Å². The van der Waals surface area contributed by atoms with Crippen molar-refractivity contribution in [2.75, 3.05) is 13.7 Å². The van der Waals surface area contributed by atoms with Crippen molar-refractivity contribution < 1.29 is 4.43 Å². The highest BCUT2D eigenvalue weighted by molar-refractivity contribution is 6.26. The Hall–Kier alpha value is -0.223. The zero-order valence-electron chi connectivity index (χ0n) is 5.05. The van der Waals surface area contributed by atoms with Crippen molar-refractivity contribution in [1.29, 1.82) is 5.53 Å². The highest BCUT2D eigenvalue weighted by Crippen LogP contribution is 1.87. The maximum Gasteiger partial charge on any atom is 0.192 e. The Kier molecular flexibility index (Phi) is 6.59. The van der Waals surface area contributed by atoms with Gasteiger partial charge >= 0.3 is 0 Å². The largest absolute Gasteiger partial charge is 0.424 e. The summed E-state index contributed by atoms with van der Waals surface area (Å²) in [6, 6.07) is 1.10. The van der Waals surface area contributed by atoms with E-state index in [2.05, 4.69) is 5.11 Å². The van der Waals surface area contributed by atoms with Crippen LogP contribution in [0, 0.1) is 5.53 Å². The minimum absolute atomic E-state index is 0.170. The monoisotopic (exact) mass is 131 g/mol. The van der Waals surface area contributed by atoms with Crippen LogP contribution in [0.5, 0.6) is 0 Å². The van der Waals surface area contributed by atoms with E-state index in [9.17, 15) is 0 Å². The minimum Gasteiger partial charge on any atom is -0.424 e. The molecule has 0 saturated heterocycles. The molecule has 0 bridgehead atoms. The van der Waals surface area contributed by atoms with Gasteiger partial charge in [0, 0.05) is 7.11 Å². The minimum atomic E-state index is 0.170. The fourth-order valence-electron chi connectivity index (χ4n) is 0.372. The summed E-state index contributed by atoms with van der Waals surface area (Å²) in [5.41, 5.74) is 6.43. The van der Waals surface area contributed by atoms with Gasteiger partial charge in [-0.1, -0.05) is 0 Å². The Labute approximate surface area is 51.9 Å². The molecule has 0 aromatic heterocycles. The van der Waals surface area contributed by atoms with Crippen molar-refractivity contribution in [2.45, 2.75) is 12.5 Å². The van der Waals surface area contributed by atoms with Crippen LogP contribution >= 0.6 is 0 Å². The molecule has 0 aromatic rings. The van der Waals surface area contributed by atoms with Gasteiger partial charge in [0.1, 0.15) is 0 Å². The van der Waals surface area contributed by atoms with Crippen molar-refractivity contribution in [3.8, 4) is 0 Å². The summed E-state index contributed by atoms with van der Waals surface area (Å²) < 4.78 is 4.87. The van der Waals surface area contributed by atoms with Gasteiger partial charge in [-0.05, 0) is 12.5 Å². The highest BCUT2D eigenvalue weighted by Gasteiger charge is 1.85. The maximum atomic E-state index is 6.43. The van der Waals surface area contributed by atoms with E-state index in [1.807, 2.05) is 0 Å². The van der Waals surface area contributed by atoms with Crippen LogP contribution in [0.1, 0.15) is 6.42 Å². The Morgan fingerprint density at radius 3 is 3.00 bits per heavy atom. The SMILES string of the molecule is CO[SiH]CCCN=N. The van der Waals surface area contributed by atoms with Crippen molar-refractivity contribution >= 4 is 9.76 Å². The van der Waals surface area contributed by atoms with Crippen LogP contribution in [0.3, 0.4) is 0 Å². The van der Waals surface area contributed by atoms with Gasteiger partial charge in [-0.3, -0.25) is 0 Å². The average molecular weight is 131 g/mol. The zero-order chi connectivity index (χ0) is 6.24. The third-order valence-electron chi connectivity index (χ3n) is 0.759. The van der Waals surface area contributed by atoms with Gasteiger partial charge < -0.3 is 4.43 Å². The molecule has 0 spiro atoms. The van der Waals surface area contributed by atoms with E-state index in [1.54, 1.807) is 7.11 Å². The van der Waals surface area contributed by atoms with Crippen LogP contribution in [0.15, 0.2) is 5.11 Å². The molecule has 4 heteroatoms. The predicted octanol–water partition coefficient (Wildman–Crippen LogP) is 0.824. The molecule has 0 aliphatic heterocycles. The Morgan fingerprint density at radius 1 is 1.75 bits per heavy atom. The van der Waals surface area contributed by atoms with Gasteiger partial charge in [0.05, 0.1) is 6.54 Å². The quantitative estimate of drug-likeness (QED) is 0.335. The molecule has 47 valence electrons. The summed E-state index contributed by atoms with van der Waals surface area (Å²) in [6.07, 6.45) is 1.01. The van der Waals surface area contributed by atoms with E-state index in [0.717, 1.165) is 12.5 Å². The van der Waals surface area contributed by atoms with Gasteiger partial charge in [0.25, 0.3) is 0 Å². The first kappa shape index (κ1) is 7.78. The Bertz CT molecular complexity index is 60.0. The molecule has 0 heterocycles. The van der Waals surface area contributed by atoms with E-state index < -0.39 is 0 Å². The van der Waals surface area contributed by atoms with Crippen molar-refractivity contribution in [3.63, 3.8) is 0 Å². The molecule has 0 saturated carbocycles. The number of rotatable bonds is 5. The molecule has 0 rings (SSSR count). The lowest BCUT2D eigenvalue weighted by Crippen LogP contribution is -1.92. The highest BCUT2D eigenvalue weighted by atomic mass is 28.2. The van der Waals surface area contributed by atoms with Crippen molar-refractivity contribution in [1.82, 2.24) is 0 Å². The molecule has 0 fully saturated rings. The van der Waals surface area contributed by atoms with Crippen LogP contribution in [0.25, 0.3) is 0 Å². The summed E-state index contributed by atoms with van der Waals surface area (Å²) in [7, 11) is 1.89. The molecule has 0 aliphatic rings. The number of hydrogen-bond acceptors (Lipinski definition) is 3. The summed E-state index contributed by atoms with van der Waals surface area (Å²) in [5, 5.41) is 3.22. The number of nitrogens with one attached hydrogen (secondary N) is 1. The summed E-state index contributed by atoms with van der Waals surface area (Å²) in [5.74, 6) is 0. The molecule has 1 N–H and O–H groups in total. The summed E-state index contributed by atoms with van der Waals surface area (Å²) in [6.45, 7) is 0.663. The molecule has 1 radical (unpaired) electrons. The van der Waals surface area contributed by atoms with Crippen LogP contribution in [0.4, 0.5) is 0 Å². The van der Waals surface area contributed by atoms with Crippen LogP contribution in [-0.4, -0.2) is 23.4 Å². The lowest BCUT2D eigenvalue weighted by Gasteiger charge is -1.91. The topological polar surface area (TPSA) is 45.4 Å². The van der Waals surface area contributed by atoms with Gasteiger partial charge in [0.2, 0.25) is 0 Å². The van der Waals surface area contributed by atoms with E-state index in [-0.39, 0.29) is 9.76 Å². The van der Waals surface area contributed by atoms with E-state index in [0.29, 0.717) is 6.54 Å². The molecule has 0 atom stereocenters. The fraction of sp³-hybridized carbons (Fsp3) is 1.00. The zero-order valence-corrected chi connectivity index (χ0v) is 6.21. The third kappa shape index (κ3) is 5.78. The first-order valence-electron chi connectivity index (χ1n) is 2.59. The normalized spacial score (nSPS) is 9.12. The standard InChI is InChI=1S/C4H11N2OSi/c1-7-8-4-2-3-6-5/h5,8H,2-4H2,1H3. The van der Waals surface area contributed by atoms with Crippen LogP contribution in [-0.2, 0) is 4.43 Å². The molecular weight excluding hydrogens is 120 g/mol. The lowest BCUT2D eigenvalue weighted by atomic mass is 10.5. The molecule has 0 unspecified atom stereocenters. The summed E-state index contributed by atoms with van der Waals surface area (Å²) in [4.78, 5) is 0. The molecule has 8 heavy (non-hydrogen) atoms.